The molecule has 6 nitrogen and oxygen atoms in total. The van der Waals surface area contributed by atoms with E-state index in [9.17, 15) is 9.59 Å². The van der Waals surface area contributed by atoms with Crippen LogP contribution in [-0.2, 0) is 27.3 Å². The fourth-order valence-electron chi connectivity index (χ4n) is 2.83. The Balaban J connectivity index is 1.87. The number of esters is 1. The van der Waals surface area contributed by atoms with Gasteiger partial charge in [-0.3, -0.25) is 9.59 Å². The highest BCUT2D eigenvalue weighted by Crippen LogP contribution is 2.27. The van der Waals surface area contributed by atoms with E-state index in [2.05, 4.69) is 6.07 Å². The zero-order valence-electron chi connectivity index (χ0n) is 17.1. The molecule has 0 aliphatic rings. The van der Waals surface area contributed by atoms with Gasteiger partial charge in [-0.05, 0) is 42.7 Å². The number of nitrogens with zero attached hydrogens (tertiary/aromatic N) is 1. The Labute approximate surface area is 166 Å². The standard InChI is InChI=1S/C22H27NO5/c1-15-6-8-18(16(2)10-15)13-23(3)21(24)14-28-22(25)12-17-7-9-19(26-4)20(11-17)27-5/h6-11H,12-14H2,1-5H3. The number of amides is 1. The van der Waals surface area contributed by atoms with Gasteiger partial charge >= 0.3 is 5.97 Å². The molecule has 0 spiro atoms. The van der Waals surface area contributed by atoms with Gasteiger partial charge in [-0.15, -0.1) is 0 Å². The summed E-state index contributed by atoms with van der Waals surface area (Å²) in [4.78, 5) is 25.9. The molecule has 1 amide bonds. The van der Waals surface area contributed by atoms with Gasteiger partial charge in [0, 0.05) is 13.6 Å². The molecule has 0 aromatic heterocycles. The first-order valence-corrected chi connectivity index (χ1v) is 9.00. The van der Waals surface area contributed by atoms with E-state index in [1.54, 1.807) is 37.3 Å². The third-order valence-corrected chi connectivity index (χ3v) is 4.48. The molecule has 0 saturated carbocycles. The van der Waals surface area contributed by atoms with Crippen LogP contribution in [0, 0.1) is 13.8 Å². The second-order valence-corrected chi connectivity index (χ2v) is 6.71. The Kier molecular flexibility index (Phi) is 7.44. The highest BCUT2D eigenvalue weighted by atomic mass is 16.5. The van der Waals surface area contributed by atoms with E-state index in [-0.39, 0.29) is 18.9 Å². The van der Waals surface area contributed by atoms with Gasteiger partial charge in [-0.1, -0.05) is 29.8 Å². The third kappa shape index (κ3) is 5.74. The maximum Gasteiger partial charge on any atom is 0.310 e. The Hall–Kier alpha value is -3.02. The van der Waals surface area contributed by atoms with Crippen LogP contribution in [0.5, 0.6) is 11.5 Å². The number of methoxy groups -OCH3 is 2. The monoisotopic (exact) mass is 385 g/mol. The molecule has 0 aliphatic heterocycles. The number of hydrogen-bond acceptors (Lipinski definition) is 5. The lowest BCUT2D eigenvalue weighted by Crippen LogP contribution is -2.31. The van der Waals surface area contributed by atoms with E-state index < -0.39 is 5.97 Å². The molecule has 28 heavy (non-hydrogen) atoms. The van der Waals surface area contributed by atoms with Crippen molar-refractivity contribution < 1.29 is 23.8 Å². The summed E-state index contributed by atoms with van der Waals surface area (Å²) < 4.78 is 15.5. The molecule has 0 bridgehead atoms. The second kappa shape index (κ2) is 9.78. The molecule has 0 atom stereocenters. The second-order valence-electron chi connectivity index (χ2n) is 6.71. The van der Waals surface area contributed by atoms with Crippen LogP contribution in [0.3, 0.4) is 0 Å². The van der Waals surface area contributed by atoms with Crippen molar-refractivity contribution in [1.82, 2.24) is 4.90 Å². The minimum absolute atomic E-state index is 0.0500. The van der Waals surface area contributed by atoms with Gasteiger partial charge in [-0.25, -0.2) is 0 Å². The summed E-state index contributed by atoms with van der Waals surface area (Å²) >= 11 is 0. The molecule has 0 fully saturated rings. The number of benzene rings is 2. The van der Waals surface area contributed by atoms with Crippen LogP contribution in [-0.4, -0.2) is 44.7 Å². The summed E-state index contributed by atoms with van der Waals surface area (Å²) in [7, 11) is 4.78. The topological polar surface area (TPSA) is 65.1 Å². The maximum absolute atomic E-state index is 12.3. The summed E-state index contributed by atoms with van der Waals surface area (Å²) in [6, 6.07) is 11.3. The molecule has 2 aromatic rings. The molecule has 0 saturated heterocycles. The minimum Gasteiger partial charge on any atom is -0.493 e. The van der Waals surface area contributed by atoms with Crippen LogP contribution in [0.4, 0.5) is 0 Å². The van der Waals surface area contributed by atoms with Gasteiger partial charge in [0.1, 0.15) is 0 Å². The zero-order valence-corrected chi connectivity index (χ0v) is 17.1. The minimum atomic E-state index is -0.472. The van der Waals surface area contributed by atoms with Crippen molar-refractivity contribution in [1.29, 1.82) is 0 Å². The highest BCUT2D eigenvalue weighted by molar-refractivity contribution is 5.81. The number of carbonyl (C=O) groups excluding carboxylic acids is 2. The van der Waals surface area contributed by atoms with Crippen molar-refractivity contribution in [2.24, 2.45) is 0 Å². The quantitative estimate of drug-likeness (QED) is 0.654. The number of aryl methyl sites for hydroxylation is 2. The van der Waals surface area contributed by atoms with Crippen LogP contribution in [0.15, 0.2) is 36.4 Å². The Morgan fingerprint density at radius 1 is 0.964 bits per heavy atom. The molecule has 0 N–H and O–H groups in total. The zero-order chi connectivity index (χ0) is 20.7. The molecule has 0 aliphatic carbocycles. The number of rotatable bonds is 8. The molecule has 0 heterocycles. The fraction of sp³-hybridized carbons (Fsp3) is 0.364. The van der Waals surface area contributed by atoms with E-state index in [1.165, 1.54) is 12.7 Å². The smallest absolute Gasteiger partial charge is 0.310 e. The summed E-state index contributed by atoms with van der Waals surface area (Å²) in [6.45, 7) is 4.24. The van der Waals surface area contributed by atoms with E-state index in [0.29, 0.717) is 18.0 Å². The summed E-state index contributed by atoms with van der Waals surface area (Å²) in [5, 5.41) is 0. The van der Waals surface area contributed by atoms with Crippen LogP contribution >= 0.6 is 0 Å². The first kappa shape index (κ1) is 21.3. The fourth-order valence-corrected chi connectivity index (χ4v) is 2.83. The lowest BCUT2D eigenvalue weighted by molar-refractivity contribution is -0.151. The summed E-state index contributed by atoms with van der Waals surface area (Å²) in [6.07, 6.45) is 0.0500. The van der Waals surface area contributed by atoms with Crippen LogP contribution in [0.2, 0.25) is 0 Å². The highest BCUT2D eigenvalue weighted by Gasteiger charge is 2.15. The normalized spacial score (nSPS) is 10.3. The Morgan fingerprint density at radius 3 is 2.32 bits per heavy atom. The van der Waals surface area contributed by atoms with Crippen molar-refractivity contribution in [3.05, 3.63) is 58.7 Å². The van der Waals surface area contributed by atoms with Crippen molar-refractivity contribution in [3.8, 4) is 11.5 Å². The first-order chi connectivity index (χ1) is 13.3. The predicted molar refractivity (Wildman–Crippen MR) is 107 cm³/mol. The largest absolute Gasteiger partial charge is 0.493 e. The first-order valence-electron chi connectivity index (χ1n) is 9.00. The molecule has 2 aromatic carbocycles. The molecular weight excluding hydrogens is 358 g/mol. The summed E-state index contributed by atoms with van der Waals surface area (Å²) in [5.41, 5.74) is 4.10. The number of hydrogen-bond donors (Lipinski definition) is 0. The predicted octanol–water partition coefficient (Wildman–Crippen LogP) is 3.06. The van der Waals surface area contributed by atoms with Crippen molar-refractivity contribution in [2.45, 2.75) is 26.8 Å². The SMILES string of the molecule is COc1ccc(CC(=O)OCC(=O)N(C)Cc2ccc(C)cc2C)cc1OC. The van der Waals surface area contributed by atoms with Gasteiger partial charge in [-0.2, -0.15) is 0 Å². The van der Waals surface area contributed by atoms with Crippen LogP contribution < -0.4 is 9.47 Å². The van der Waals surface area contributed by atoms with Crippen molar-refractivity contribution in [3.63, 3.8) is 0 Å². The van der Waals surface area contributed by atoms with E-state index in [0.717, 1.165) is 16.7 Å². The van der Waals surface area contributed by atoms with Gasteiger partial charge in [0.15, 0.2) is 18.1 Å². The lowest BCUT2D eigenvalue weighted by atomic mass is 10.1. The van der Waals surface area contributed by atoms with Gasteiger partial charge in [0.25, 0.3) is 5.91 Å². The van der Waals surface area contributed by atoms with E-state index in [1.807, 2.05) is 26.0 Å². The van der Waals surface area contributed by atoms with Gasteiger partial charge < -0.3 is 19.1 Å². The third-order valence-electron chi connectivity index (χ3n) is 4.48. The van der Waals surface area contributed by atoms with E-state index >= 15 is 0 Å². The Morgan fingerprint density at radius 2 is 1.68 bits per heavy atom. The summed E-state index contributed by atoms with van der Waals surface area (Å²) in [5.74, 6) is 0.404. The van der Waals surface area contributed by atoms with Gasteiger partial charge in [0.2, 0.25) is 0 Å². The molecule has 2 rings (SSSR count). The lowest BCUT2D eigenvalue weighted by Gasteiger charge is -2.18. The maximum atomic E-state index is 12.3. The molecule has 0 unspecified atom stereocenters. The average molecular weight is 385 g/mol. The Bertz CT molecular complexity index is 847. The van der Waals surface area contributed by atoms with Crippen LogP contribution in [0.25, 0.3) is 0 Å². The average Bonchev–Trinajstić information content (AvgIpc) is 2.68. The molecule has 150 valence electrons. The van der Waals surface area contributed by atoms with E-state index in [4.69, 9.17) is 14.2 Å². The molecular formula is C22H27NO5. The van der Waals surface area contributed by atoms with Crippen molar-refractivity contribution >= 4 is 11.9 Å². The molecule has 6 heteroatoms. The number of carbonyl (C=O) groups is 2. The molecule has 0 radical (unpaired) electrons. The van der Waals surface area contributed by atoms with Crippen LogP contribution in [0.1, 0.15) is 22.3 Å². The number of ether oxygens (including phenoxy) is 3. The number of likely N-dealkylation sites (N-methyl/N-ethyl adjacent to an activating group) is 1. The van der Waals surface area contributed by atoms with Crippen molar-refractivity contribution in [2.75, 3.05) is 27.9 Å². The van der Waals surface area contributed by atoms with Gasteiger partial charge in [0.05, 0.1) is 20.6 Å².